The number of carbonyl (C=O) groups excluding carboxylic acids is 1. The average Bonchev–Trinajstić information content (AvgIpc) is 2.77. The fraction of sp³-hybridized carbons (Fsp3) is 0.296. The maximum atomic E-state index is 13.6. The number of rotatable bonds is 8. The molecule has 0 saturated heterocycles. The van der Waals surface area contributed by atoms with Gasteiger partial charge in [0, 0.05) is 5.69 Å². The molecule has 6 heteroatoms. The Balaban J connectivity index is 2.00. The zero-order chi connectivity index (χ0) is 24.2. The average molecular weight is 465 g/mol. The number of aryl methyl sites for hydroxylation is 1. The summed E-state index contributed by atoms with van der Waals surface area (Å²) in [6.45, 7) is 9.82. The van der Waals surface area contributed by atoms with Crippen LogP contribution < -0.4 is 9.62 Å². The molecule has 0 aliphatic heterocycles. The van der Waals surface area contributed by atoms with Crippen LogP contribution in [0.15, 0.2) is 77.7 Å². The minimum absolute atomic E-state index is 0.157. The number of hydrogen-bond acceptors (Lipinski definition) is 3. The van der Waals surface area contributed by atoms with Crippen molar-refractivity contribution in [3.05, 3.63) is 89.5 Å². The van der Waals surface area contributed by atoms with Gasteiger partial charge in [-0.25, -0.2) is 8.42 Å². The number of anilines is 2. The van der Waals surface area contributed by atoms with Crippen molar-refractivity contribution in [1.29, 1.82) is 0 Å². The minimum Gasteiger partial charge on any atom is -0.324 e. The van der Waals surface area contributed by atoms with E-state index in [1.54, 1.807) is 42.5 Å². The molecule has 0 bridgehead atoms. The largest absolute Gasteiger partial charge is 0.324 e. The van der Waals surface area contributed by atoms with Crippen LogP contribution in [-0.2, 0) is 14.8 Å². The van der Waals surface area contributed by atoms with Gasteiger partial charge in [-0.2, -0.15) is 0 Å². The van der Waals surface area contributed by atoms with Crippen LogP contribution in [-0.4, -0.2) is 20.9 Å². The van der Waals surface area contributed by atoms with Gasteiger partial charge in [-0.15, -0.1) is 0 Å². The second-order valence-corrected chi connectivity index (χ2v) is 10.7. The first-order valence-corrected chi connectivity index (χ1v) is 12.6. The van der Waals surface area contributed by atoms with E-state index in [1.807, 2.05) is 37.3 Å². The minimum atomic E-state index is -3.94. The van der Waals surface area contributed by atoms with Crippen LogP contribution in [0.1, 0.15) is 56.2 Å². The van der Waals surface area contributed by atoms with Crippen LogP contribution in [0, 0.1) is 6.92 Å². The van der Waals surface area contributed by atoms with Crippen molar-refractivity contribution in [3.63, 3.8) is 0 Å². The molecule has 3 aromatic rings. The van der Waals surface area contributed by atoms with E-state index in [1.165, 1.54) is 4.31 Å². The fourth-order valence-corrected chi connectivity index (χ4v) is 5.34. The Morgan fingerprint density at radius 1 is 0.848 bits per heavy atom. The standard InChI is InChI=1S/C27H32N2O3S/c1-19(2)24-15-10-16-25(20(3)4)27(24)28-26(30)18-29(22-12-7-6-8-13-22)33(31,32)23-14-9-11-21(5)17-23/h6-17,19-20H,18H2,1-5H3,(H,28,30). The lowest BCUT2D eigenvalue weighted by Gasteiger charge is -2.25. The van der Waals surface area contributed by atoms with E-state index in [9.17, 15) is 13.2 Å². The molecule has 0 aliphatic carbocycles. The lowest BCUT2D eigenvalue weighted by Crippen LogP contribution is -2.38. The zero-order valence-electron chi connectivity index (χ0n) is 19.9. The molecule has 1 N–H and O–H groups in total. The fourth-order valence-electron chi connectivity index (χ4n) is 3.82. The Morgan fingerprint density at radius 3 is 1.97 bits per heavy atom. The summed E-state index contributed by atoms with van der Waals surface area (Å²) < 4.78 is 28.3. The number of sulfonamides is 1. The summed E-state index contributed by atoms with van der Waals surface area (Å²) >= 11 is 0. The predicted octanol–water partition coefficient (Wildman–Crippen LogP) is 6.08. The molecule has 0 aliphatic rings. The number of para-hydroxylation sites is 2. The number of nitrogens with zero attached hydrogens (tertiary/aromatic N) is 1. The molecular formula is C27H32N2O3S. The van der Waals surface area contributed by atoms with E-state index in [-0.39, 0.29) is 29.2 Å². The van der Waals surface area contributed by atoms with Crippen LogP contribution in [0.3, 0.4) is 0 Å². The van der Waals surface area contributed by atoms with Crippen molar-refractivity contribution >= 4 is 27.3 Å². The van der Waals surface area contributed by atoms with Gasteiger partial charge in [-0.05, 0) is 59.7 Å². The lowest BCUT2D eigenvalue weighted by molar-refractivity contribution is -0.114. The highest BCUT2D eigenvalue weighted by Gasteiger charge is 2.28. The SMILES string of the molecule is Cc1cccc(S(=O)(=O)N(CC(=O)Nc2c(C(C)C)cccc2C(C)C)c2ccccc2)c1. The Morgan fingerprint density at radius 2 is 1.42 bits per heavy atom. The van der Waals surface area contributed by atoms with Gasteiger partial charge in [0.1, 0.15) is 6.54 Å². The summed E-state index contributed by atoms with van der Waals surface area (Å²) in [6, 6.07) is 21.5. The quantitative estimate of drug-likeness (QED) is 0.440. The number of hydrogen-bond donors (Lipinski definition) is 1. The maximum absolute atomic E-state index is 13.6. The first-order valence-electron chi connectivity index (χ1n) is 11.2. The van der Waals surface area contributed by atoms with Gasteiger partial charge in [0.2, 0.25) is 5.91 Å². The number of amides is 1. The third kappa shape index (κ3) is 5.63. The highest BCUT2D eigenvalue weighted by Crippen LogP contribution is 2.32. The zero-order valence-corrected chi connectivity index (χ0v) is 20.7. The van der Waals surface area contributed by atoms with Gasteiger partial charge >= 0.3 is 0 Å². The third-order valence-electron chi connectivity index (χ3n) is 5.55. The highest BCUT2D eigenvalue weighted by molar-refractivity contribution is 7.92. The molecule has 0 heterocycles. The molecule has 174 valence electrons. The van der Waals surface area contributed by atoms with Crippen molar-refractivity contribution in [2.45, 2.75) is 51.3 Å². The van der Waals surface area contributed by atoms with Gasteiger partial charge in [0.05, 0.1) is 10.6 Å². The predicted molar refractivity (Wildman–Crippen MR) is 135 cm³/mol. The Labute approximate surface area is 197 Å². The molecule has 0 aromatic heterocycles. The van der Waals surface area contributed by atoms with E-state index in [0.29, 0.717) is 5.69 Å². The summed E-state index contributed by atoms with van der Waals surface area (Å²) in [5, 5.41) is 3.03. The first kappa shape index (κ1) is 24.5. The molecule has 0 fully saturated rings. The summed E-state index contributed by atoms with van der Waals surface area (Å²) in [5.41, 5.74) is 4.11. The van der Waals surface area contributed by atoms with Crippen molar-refractivity contribution in [2.75, 3.05) is 16.2 Å². The molecule has 33 heavy (non-hydrogen) atoms. The van der Waals surface area contributed by atoms with Gasteiger partial charge < -0.3 is 5.32 Å². The van der Waals surface area contributed by atoms with Gasteiger partial charge in [0.25, 0.3) is 10.0 Å². The molecule has 3 aromatic carbocycles. The molecule has 0 spiro atoms. The van der Waals surface area contributed by atoms with E-state index in [2.05, 4.69) is 33.0 Å². The maximum Gasteiger partial charge on any atom is 0.264 e. The Bertz CT molecular complexity index is 1190. The monoisotopic (exact) mass is 464 g/mol. The summed E-state index contributed by atoms with van der Waals surface area (Å²) in [5.74, 6) is 0.0330. The van der Waals surface area contributed by atoms with Gasteiger partial charge in [0.15, 0.2) is 0 Å². The van der Waals surface area contributed by atoms with E-state index < -0.39 is 10.0 Å². The van der Waals surface area contributed by atoms with E-state index in [0.717, 1.165) is 22.4 Å². The number of benzene rings is 3. The van der Waals surface area contributed by atoms with Gasteiger partial charge in [-0.1, -0.05) is 76.2 Å². The van der Waals surface area contributed by atoms with Gasteiger partial charge in [-0.3, -0.25) is 9.10 Å². The van der Waals surface area contributed by atoms with Crippen LogP contribution in [0.25, 0.3) is 0 Å². The van der Waals surface area contributed by atoms with E-state index >= 15 is 0 Å². The van der Waals surface area contributed by atoms with Crippen molar-refractivity contribution in [3.8, 4) is 0 Å². The highest BCUT2D eigenvalue weighted by atomic mass is 32.2. The van der Waals surface area contributed by atoms with Crippen LogP contribution in [0.5, 0.6) is 0 Å². The Kier molecular flexibility index (Phi) is 7.59. The molecule has 0 radical (unpaired) electrons. The molecule has 0 unspecified atom stereocenters. The normalized spacial score (nSPS) is 11.6. The topological polar surface area (TPSA) is 66.5 Å². The van der Waals surface area contributed by atoms with Crippen LogP contribution in [0.4, 0.5) is 11.4 Å². The second-order valence-electron chi connectivity index (χ2n) is 8.83. The second kappa shape index (κ2) is 10.2. The smallest absolute Gasteiger partial charge is 0.264 e. The van der Waals surface area contributed by atoms with Crippen molar-refractivity contribution in [1.82, 2.24) is 0 Å². The lowest BCUT2D eigenvalue weighted by atomic mass is 9.92. The third-order valence-corrected chi connectivity index (χ3v) is 7.32. The summed E-state index contributed by atoms with van der Waals surface area (Å²) in [6.07, 6.45) is 0. The number of carbonyl (C=O) groups is 1. The Hall–Kier alpha value is -3.12. The molecule has 0 atom stereocenters. The van der Waals surface area contributed by atoms with Crippen molar-refractivity contribution < 1.29 is 13.2 Å². The molecule has 5 nitrogen and oxygen atoms in total. The van der Waals surface area contributed by atoms with Crippen LogP contribution >= 0.6 is 0 Å². The first-order chi connectivity index (χ1) is 15.6. The van der Waals surface area contributed by atoms with Crippen LogP contribution in [0.2, 0.25) is 0 Å². The molecular weight excluding hydrogens is 432 g/mol. The van der Waals surface area contributed by atoms with Crippen molar-refractivity contribution in [2.24, 2.45) is 0 Å². The molecule has 0 saturated carbocycles. The summed E-state index contributed by atoms with van der Waals surface area (Å²) in [4.78, 5) is 13.4. The summed E-state index contributed by atoms with van der Waals surface area (Å²) in [7, 11) is -3.94. The molecule has 3 rings (SSSR count). The van der Waals surface area contributed by atoms with E-state index in [4.69, 9.17) is 0 Å². The number of nitrogens with one attached hydrogen (secondary N) is 1. The molecule has 1 amide bonds.